The quantitative estimate of drug-likeness (QED) is 0.629. The number of alkyl halides is 6. The monoisotopic (exact) mass is 437 g/mol. The van der Waals surface area contributed by atoms with Gasteiger partial charge in [0.2, 0.25) is 0 Å². The van der Waals surface area contributed by atoms with Crippen LogP contribution in [0.2, 0.25) is 0 Å². The Morgan fingerprint density at radius 2 is 1.54 bits per heavy atom. The molecule has 26 heavy (non-hydrogen) atoms. The van der Waals surface area contributed by atoms with Crippen LogP contribution in [0.15, 0.2) is 28.7 Å². The maximum Gasteiger partial charge on any atom is 0.432 e. The van der Waals surface area contributed by atoms with Gasteiger partial charge < -0.3 is 4.74 Å². The number of nitriles is 2. The number of benzene rings is 1. The van der Waals surface area contributed by atoms with E-state index in [0.29, 0.717) is 4.47 Å². The van der Waals surface area contributed by atoms with Crippen LogP contribution in [-0.4, -0.2) is 4.57 Å². The lowest BCUT2D eigenvalue weighted by Crippen LogP contribution is -2.21. The zero-order chi connectivity index (χ0) is 19.7. The van der Waals surface area contributed by atoms with Crippen molar-refractivity contribution in [2.45, 2.75) is 19.1 Å². The Labute approximate surface area is 150 Å². The van der Waals surface area contributed by atoms with Crippen LogP contribution in [0.3, 0.4) is 0 Å². The molecule has 1 heterocycles. The van der Waals surface area contributed by atoms with Gasteiger partial charge in [0.15, 0.2) is 6.73 Å². The summed E-state index contributed by atoms with van der Waals surface area (Å²) in [5.74, 6) is 0.0611. The summed E-state index contributed by atoms with van der Waals surface area (Å²) in [7, 11) is 0. The lowest BCUT2D eigenvalue weighted by molar-refractivity contribution is -0.166. The van der Waals surface area contributed by atoms with Crippen molar-refractivity contribution >= 4 is 15.9 Å². The normalized spacial score (nSPS) is 11.7. The fraction of sp³-hybridized carbons (Fsp3) is 0.200. The molecule has 0 aliphatic rings. The van der Waals surface area contributed by atoms with E-state index in [0.717, 1.165) is 6.07 Å². The molecule has 0 saturated carbocycles. The summed E-state index contributed by atoms with van der Waals surface area (Å²) in [6.45, 7) is -1.04. The van der Waals surface area contributed by atoms with Gasteiger partial charge in [-0.2, -0.15) is 36.9 Å². The van der Waals surface area contributed by atoms with E-state index in [-0.39, 0.29) is 10.3 Å². The molecule has 0 unspecified atom stereocenters. The molecule has 0 N–H and O–H groups in total. The van der Waals surface area contributed by atoms with E-state index < -0.39 is 41.6 Å². The van der Waals surface area contributed by atoms with Crippen LogP contribution in [0.5, 0.6) is 5.75 Å². The highest BCUT2D eigenvalue weighted by atomic mass is 79.9. The van der Waals surface area contributed by atoms with Gasteiger partial charge in [-0.15, -0.1) is 0 Å². The number of aromatic nitrogens is 1. The van der Waals surface area contributed by atoms with Crippen LogP contribution in [0.1, 0.15) is 22.5 Å². The fourth-order valence-corrected chi connectivity index (χ4v) is 2.48. The average Bonchev–Trinajstić information content (AvgIpc) is 2.88. The molecular weight excluding hydrogens is 432 g/mol. The van der Waals surface area contributed by atoms with E-state index in [1.165, 1.54) is 30.3 Å². The SMILES string of the molecule is N#Cc1c(C(F)(F)F)c(C(F)(F)F)n(COc2ccc(Br)cc2)c1C#N. The number of hydrogen-bond acceptors (Lipinski definition) is 3. The van der Waals surface area contributed by atoms with Gasteiger partial charge in [-0.25, -0.2) is 0 Å². The maximum absolute atomic E-state index is 13.3. The van der Waals surface area contributed by atoms with Crippen LogP contribution in [0, 0.1) is 22.7 Å². The Balaban J connectivity index is 2.64. The predicted octanol–water partition coefficient (Wildman–Crippen LogP) is 5.07. The van der Waals surface area contributed by atoms with Crippen LogP contribution < -0.4 is 4.74 Å². The van der Waals surface area contributed by atoms with Crippen molar-refractivity contribution in [3.05, 3.63) is 51.3 Å². The fourth-order valence-electron chi connectivity index (χ4n) is 2.21. The Hall–Kier alpha value is -2.66. The van der Waals surface area contributed by atoms with E-state index in [2.05, 4.69) is 15.9 Å². The Morgan fingerprint density at radius 1 is 0.962 bits per heavy atom. The number of hydrogen-bond donors (Lipinski definition) is 0. The summed E-state index contributed by atoms with van der Waals surface area (Å²) >= 11 is 3.13. The highest BCUT2D eigenvalue weighted by molar-refractivity contribution is 9.10. The van der Waals surface area contributed by atoms with Crippen molar-refractivity contribution in [2.75, 3.05) is 0 Å². The van der Waals surface area contributed by atoms with Crippen molar-refractivity contribution < 1.29 is 31.1 Å². The standard InChI is InChI=1S/C15H6BrF6N3O/c16-8-1-3-9(4-2-8)26-7-25-11(6-24)10(5-23)12(14(17,18)19)13(25)15(20,21)22/h1-4H,7H2. The predicted molar refractivity (Wildman–Crippen MR) is 78.6 cm³/mol. The lowest BCUT2D eigenvalue weighted by Gasteiger charge is -2.16. The number of rotatable bonds is 3. The first-order valence-electron chi connectivity index (χ1n) is 6.60. The molecule has 0 fully saturated rings. The highest BCUT2D eigenvalue weighted by Crippen LogP contribution is 2.44. The van der Waals surface area contributed by atoms with Crippen molar-refractivity contribution in [1.29, 1.82) is 10.5 Å². The molecule has 0 bridgehead atoms. The van der Waals surface area contributed by atoms with Gasteiger partial charge in [-0.3, -0.25) is 4.57 Å². The second kappa shape index (κ2) is 6.92. The lowest BCUT2D eigenvalue weighted by atomic mass is 10.1. The first-order chi connectivity index (χ1) is 12.0. The third-order valence-electron chi connectivity index (χ3n) is 3.21. The van der Waals surface area contributed by atoms with Gasteiger partial charge in [0.25, 0.3) is 0 Å². The van der Waals surface area contributed by atoms with Crippen LogP contribution in [-0.2, 0) is 19.1 Å². The molecule has 0 saturated heterocycles. The molecule has 0 amide bonds. The van der Waals surface area contributed by atoms with Crippen LogP contribution >= 0.6 is 15.9 Å². The maximum atomic E-state index is 13.3. The third-order valence-corrected chi connectivity index (χ3v) is 3.74. The smallest absolute Gasteiger partial charge is 0.432 e. The summed E-state index contributed by atoms with van der Waals surface area (Å²) in [6.07, 6.45) is -10.9. The van der Waals surface area contributed by atoms with Crippen molar-refractivity contribution in [3.63, 3.8) is 0 Å². The Morgan fingerprint density at radius 3 is 1.96 bits per heavy atom. The van der Waals surface area contributed by atoms with Gasteiger partial charge in [0.1, 0.15) is 40.4 Å². The summed E-state index contributed by atoms with van der Waals surface area (Å²) < 4.78 is 85.0. The van der Waals surface area contributed by atoms with E-state index >= 15 is 0 Å². The zero-order valence-corrected chi connectivity index (χ0v) is 14.0. The molecule has 2 rings (SSSR count). The average molecular weight is 438 g/mol. The van der Waals surface area contributed by atoms with E-state index in [1.807, 2.05) is 0 Å². The molecule has 0 aliphatic carbocycles. The summed E-state index contributed by atoms with van der Waals surface area (Å²) in [5, 5.41) is 17.9. The molecule has 11 heteroatoms. The Kier molecular flexibility index (Phi) is 5.23. The van der Waals surface area contributed by atoms with Gasteiger partial charge in [0.05, 0.1) is 0 Å². The minimum atomic E-state index is -5.48. The third kappa shape index (κ3) is 3.78. The summed E-state index contributed by atoms with van der Waals surface area (Å²) in [4.78, 5) is 0. The van der Waals surface area contributed by atoms with E-state index in [9.17, 15) is 26.3 Å². The molecule has 136 valence electrons. The molecule has 0 spiro atoms. The highest BCUT2D eigenvalue weighted by Gasteiger charge is 2.50. The van der Waals surface area contributed by atoms with Crippen LogP contribution in [0.25, 0.3) is 0 Å². The molecule has 1 aromatic heterocycles. The second-order valence-corrected chi connectivity index (χ2v) is 5.74. The minimum Gasteiger partial charge on any atom is -0.473 e. The van der Waals surface area contributed by atoms with Crippen LogP contribution in [0.4, 0.5) is 26.3 Å². The van der Waals surface area contributed by atoms with E-state index in [4.69, 9.17) is 15.3 Å². The second-order valence-electron chi connectivity index (χ2n) is 4.82. The molecular formula is C15H6BrF6N3O. The first kappa shape index (κ1) is 19.7. The van der Waals surface area contributed by atoms with Gasteiger partial charge in [0, 0.05) is 4.47 Å². The summed E-state index contributed by atoms with van der Waals surface area (Å²) in [5.41, 5.74) is -6.84. The zero-order valence-electron chi connectivity index (χ0n) is 12.4. The van der Waals surface area contributed by atoms with E-state index in [1.54, 1.807) is 0 Å². The minimum absolute atomic E-state index is 0.00339. The van der Waals surface area contributed by atoms with Gasteiger partial charge >= 0.3 is 12.4 Å². The number of nitrogens with zero attached hydrogens (tertiary/aromatic N) is 3. The number of halogens is 7. The largest absolute Gasteiger partial charge is 0.473 e. The molecule has 4 nitrogen and oxygen atoms in total. The molecule has 1 aromatic carbocycles. The molecule has 0 atom stereocenters. The molecule has 2 aromatic rings. The first-order valence-corrected chi connectivity index (χ1v) is 7.39. The number of ether oxygens (including phenoxy) is 1. The molecule has 0 radical (unpaired) electrons. The van der Waals surface area contributed by atoms with Crippen molar-refractivity contribution in [1.82, 2.24) is 4.57 Å². The molecule has 0 aliphatic heterocycles. The van der Waals surface area contributed by atoms with Crippen molar-refractivity contribution in [2.24, 2.45) is 0 Å². The van der Waals surface area contributed by atoms with Gasteiger partial charge in [-0.1, -0.05) is 15.9 Å². The summed E-state index contributed by atoms with van der Waals surface area (Å²) in [6, 6.07) is 7.99. The van der Waals surface area contributed by atoms with Gasteiger partial charge in [-0.05, 0) is 24.3 Å². The Bertz CT molecular complexity index is 900. The van der Waals surface area contributed by atoms with Crippen molar-refractivity contribution in [3.8, 4) is 17.9 Å². The topological polar surface area (TPSA) is 61.7 Å².